The lowest BCUT2D eigenvalue weighted by atomic mass is 10.0. The molecule has 1 atom stereocenters. The van der Waals surface area contributed by atoms with Crippen molar-refractivity contribution in [1.29, 1.82) is 0 Å². The van der Waals surface area contributed by atoms with Gasteiger partial charge in [-0.2, -0.15) is 0 Å². The number of nitrogens with zero attached hydrogens (tertiary/aromatic N) is 1. The van der Waals surface area contributed by atoms with Crippen LogP contribution in [0.1, 0.15) is 40.0 Å². The first-order valence-corrected chi connectivity index (χ1v) is 8.43. The van der Waals surface area contributed by atoms with Crippen LogP contribution >= 0.6 is 0 Å². The van der Waals surface area contributed by atoms with Crippen molar-refractivity contribution in [3.63, 3.8) is 0 Å². The smallest absolute Gasteiger partial charge is 0.495 e. The van der Waals surface area contributed by atoms with Crippen LogP contribution in [0.25, 0.3) is 0 Å². The van der Waals surface area contributed by atoms with E-state index in [0.29, 0.717) is 6.54 Å². The molecule has 1 saturated heterocycles. The zero-order valence-corrected chi connectivity index (χ0v) is 15.0. The fraction of sp³-hybridized carbons (Fsp3) is 0.611. The second kappa shape index (κ2) is 8.24. The summed E-state index contributed by atoms with van der Waals surface area (Å²) in [5, 5.41) is 5.12. The maximum Gasteiger partial charge on any atom is 0.528 e. The van der Waals surface area contributed by atoms with Gasteiger partial charge in [0.15, 0.2) is 0 Å². The number of benzene rings is 1. The van der Waals surface area contributed by atoms with Crippen molar-refractivity contribution in [2.75, 3.05) is 25.5 Å². The molecule has 2 rings (SSSR count). The summed E-state index contributed by atoms with van der Waals surface area (Å²) in [6.45, 7) is 6.86. The minimum absolute atomic E-state index is 0.108. The van der Waals surface area contributed by atoms with E-state index < -0.39 is 11.8 Å². The molecule has 0 radical (unpaired) electrons. The Labute approximate surface area is 144 Å². The molecule has 6 heteroatoms. The van der Waals surface area contributed by atoms with Gasteiger partial charge in [0.2, 0.25) is 0 Å². The number of piperidine rings is 1. The number of methoxy groups -OCH3 is 1. The van der Waals surface area contributed by atoms with Gasteiger partial charge >= 0.3 is 6.16 Å². The quantitative estimate of drug-likeness (QED) is 0.825. The molecule has 0 saturated carbocycles. The highest BCUT2D eigenvalue weighted by Gasteiger charge is 2.28. The first kappa shape index (κ1) is 18.4. The van der Waals surface area contributed by atoms with Crippen LogP contribution in [-0.2, 0) is 9.57 Å². The molecule has 6 nitrogen and oxygen atoms in total. The zero-order valence-electron chi connectivity index (χ0n) is 15.0. The molecule has 1 N–H and O–H groups in total. The van der Waals surface area contributed by atoms with E-state index >= 15 is 0 Å². The van der Waals surface area contributed by atoms with Gasteiger partial charge in [-0.05, 0) is 45.7 Å². The van der Waals surface area contributed by atoms with E-state index in [1.54, 1.807) is 12.2 Å². The van der Waals surface area contributed by atoms with Gasteiger partial charge < -0.3 is 19.6 Å². The average Bonchev–Trinajstić information content (AvgIpc) is 2.52. The summed E-state index contributed by atoms with van der Waals surface area (Å²) in [5.41, 5.74) is 0.376. The number of anilines is 1. The van der Waals surface area contributed by atoms with Gasteiger partial charge in [0.25, 0.3) is 0 Å². The lowest BCUT2D eigenvalue weighted by Gasteiger charge is -2.34. The summed E-state index contributed by atoms with van der Waals surface area (Å²) < 4.78 is 10.6. The third-order valence-corrected chi connectivity index (χ3v) is 3.79. The summed E-state index contributed by atoms with van der Waals surface area (Å²) in [6, 6.07) is 7.89. The van der Waals surface area contributed by atoms with Crippen molar-refractivity contribution >= 4 is 11.8 Å². The second-order valence-corrected chi connectivity index (χ2v) is 6.93. The van der Waals surface area contributed by atoms with Gasteiger partial charge in [0.05, 0.1) is 18.8 Å². The number of hydrogen-bond acceptors (Lipinski definition) is 6. The molecule has 24 heavy (non-hydrogen) atoms. The van der Waals surface area contributed by atoms with E-state index in [1.165, 1.54) is 0 Å². The number of nitrogens with one attached hydrogen (secondary N) is 1. The lowest BCUT2D eigenvalue weighted by Crippen LogP contribution is -2.45. The van der Waals surface area contributed by atoms with E-state index in [4.69, 9.17) is 14.3 Å². The standard InChI is InChI=1S/C18H28N2O4/c1-18(2,3)23-17(21)24-20-12-8-7-9-14(20)13-19-15-10-5-6-11-16(15)22-4/h5-6,10-11,14,19H,7-9,12-13H2,1-4H3. The summed E-state index contributed by atoms with van der Waals surface area (Å²) in [6.07, 6.45) is 2.44. The highest BCUT2D eigenvalue weighted by atomic mass is 16.8. The third kappa shape index (κ3) is 5.60. The monoisotopic (exact) mass is 336 g/mol. The van der Waals surface area contributed by atoms with E-state index in [1.807, 2.05) is 45.0 Å². The fourth-order valence-electron chi connectivity index (χ4n) is 2.68. The first-order valence-electron chi connectivity index (χ1n) is 8.43. The van der Waals surface area contributed by atoms with E-state index in [9.17, 15) is 4.79 Å². The van der Waals surface area contributed by atoms with Crippen LogP contribution in [0.4, 0.5) is 10.5 Å². The highest BCUT2D eigenvalue weighted by molar-refractivity contribution is 5.60. The molecule has 1 heterocycles. The number of rotatable bonds is 5. The Morgan fingerprint density at radius 2 is 2.04 bits per heavy atom. The largest absolute Gasteiger partial charge is 0.528 e. The molecular formula is C18H28N2O4. The first-order chi connectivity index (χ1) is 11.4. The summed E-state index contributed by atoms with van der Waals surface area (Å²) in [7, 11) is 1.65. The van der Waals surface area contributed by atoms with E-state index in [-0.39, 0.29) is 6.04 Å². The van der Waals surface area contributed by atoms with E-state index in [2.05, 4.69) is 5.32 Å². The van der Waals surface area contributed by atoms with Crippen molar-refractivity contribution in [1.82, 2.24) is 5.06 Å². The molecule has 1 aromatic rings. The fourth-order valence-corrected chi connectivity index (χ4v) is 2.68. The van der Waals surface area contributed by atoms with Gasteiger partial charge in [0.1, 0.15) is 11.4 Å². The molecule has 1 aromatic carbocycles. The van der Waals surface area contributed by atoms with Crippen molar-refractivity contribution < 1.29 is 19.1 Å². The molecule has 134 valence electrons. The molecule has 0 amide bonds. The van der Waals surface area contributed by atoms with Crippen molar-refractivity contribution in [2.24, 2.45) is 0 Å². The molecule has 1 fully saturated rings. The number of hydroxylamine groups is 2. The average molecular weight is 336 g/mol. The number of para-hydroxylation sites is 2. The van der Waals surface area contributed by atoms with Gasteiger partial charge in [0, 0.05) is 13.1 Å². The maximum atomic E-state index is 11.9. The van der Waals surface area contributed by atoms with Gasteiger partial charge in [-0.3, -0.25) is 0 Å². The maximum absolute atomic E-state index is 11.9. The van der Waals surface area contributed by atoms with Crippen LogP contribution in [0.5, 0.6) is 5.75 Å². The Balaban J connectivity index is 1.93. The predicted molar refractivity (Wildman–Crippen MR) is 93.1 cm³/mol. The minimum atomic E-state index is -0.647. The summed E-state index contributed by atoms with van der Waals surface area (Å²) >= 11 is 0. The molecule has 0 aliphatic carbocycles. The molecule has 1 unspecified atom stereocenters. The van der Waals surface area contributed by atoms with Gasteiger partial charge in [-0.25, -0.2) is 4.79 Å². The van der Waals surface area contributed by atoms with Crippen molar-refractivity contribution in [2.45, 2.75) is 51.7 Å². The Morgan fingerprint density at radius 3 is 2.75 bits per heavy atom. The normalized spacial score (nSPS) is 18.8. The van der Waals surface area contributed by atoms with Crippen LogP contribution in [0.15, 0.2) is 24.3 Å². The molecule has 0 bridgehead atoms. The van der Waals surface area contributed by atoms with Crippen molar-refractivity contribution in [3.8, 4) is 5.75 Å². The van der Waals surface area contributed by atoms with Crippen LogP contribution in [0.3, 0.4) is 0 Å². The molecule has 0 aromatic heterocycles. The molecule has 0 spiro atoms. The van der Waals surface area contributed by atoms with E-state index in [0.717, 1.165) is 37.2 Å². The minimum Gasteiger partial charge on any atom is -0.495 e. The Morgan fingerprint density at radius 1 is 1.29 bits per heavy atom. The highest BCUT2D eigenvalue weighted by Crippen LogP contribution is 2.25. The molecule has 1 aliphatic heterocycles. The van der Waals surface area contributed by atoms with Crippen molar-refractivity contribution in [3.05, 3.63) is 24.3 Å². The third-order valence-electron chi connectivity index (χ3n) is 3.79. The predicted octanol–water partition coefficient (Wildman–Crippen LogP) is 3.83. The van der Waals surface area contributed by atoms with Gasteiger partial charge in [-0.1, -0.05) is 18.6 Å². The Kier molecular flexibility index (Phi) is 6.31. The Hall–Kier alpha value is -1.95. The Bertz CT molecular complexity index is 542. The molecule has 1 aliphatic rings. The second-order valence-electron chi connectivity index (χ2n) is 6.93. The molecular weight excluding hydrogens is 308 g/mol. The van der Waals surface area contributed by atoms with Crippen LogP contribution in [-0.4, -0.2) is 43.1 Å². The lowest BCUT2D eigenvalue weighted by molar-refractivity contribution is -0.173. The topological polar surface area (TPSA) is 60.0 Å². The summed E-state index contributed by atoms with van der Waals surface area (Å²) in [5.74, 6) is 0.799. The number of carbonyl (C=O) groups excluding carboxylic acids is 1. The zero-order chi connectivity index (χ0) is 17.6. The van der Waals surface area contributed by atoms with Gasteiger partial charge in [-0.15, -0.1) is 5.06 Å². The number of hydrogen-bond donors (Lipinski definition) is 1. The number of ether oxygens (including phenoxy) is 2. The SMILES string of the molecule is COc1ccccc1NCC1CCCCN1OC(=O)OC(C)(C)C. The number of carbonyl (C=O) groups is 1. The van der Waals surface area contributed by atoms with Crippen LogP contribution in [0, 0.1) is 0 Å². The van der Waals surface area contributed by atoms with Crippen LogP contribution in [0.2, 0.25) is 0 Å². The summed E-state index contributed by atoms with van der Waals surface area (Å²) in [4.78, 5) is 17.3. The van der Waals surface area contributed by atoms with Crippen LogP contribution < -0.4 is 10.1 Å².